The van der Waals surface area contributed by atoms with E-state index in [1.807, 2.05) is 0 Å². The van der Waals surface area contributed by atoms with Crippen LogP contribution in [0, 0.1) is 0 Å². The molecule has 0 heterocycles. The van der Waals surface area contributed by atoms with Gasteiger partial charge in [-0.3, -0.25) is 4.79 Å². The molecule has 0 bridgehead atoms. The van der Waals surface area contributed by atoms with Gasteiger partial charge in [0.15, 0.2) is 0 Å². The van der Waals surface area contributed by atoms with Gasteiger partial charge in [-0.15, -0.1) is 0 Å². The minimum Gasteiger partial charge on any atom is -0.480 e. The lowest BCUT2D eigenvalue weighted by Gasteiger charge is -2.26. The fourth-order valence-electron chi connectivity index (χ4n) is 2.32. The molecule has 1 aliphatic carbocycles. The Hall–Kier alpha value is -2.03. The molecule has 2 rings (SSSR count). The van der Waals surface area contributed by atoms with Crippen molar-refractivity contribution in [2.75, 3.05) is 0 Å². The van der Waals surface area contributed by atoms with E-state index in [2.05, 4.69) is 0 Å². The van der Waals surface area contributed by atoms with Crippen molar-refractivity contribution >= 4 is 21.7 Å². The molecular formula is C15H17F2NO5S. The van der Waals surface area contributed by atoms with Crippen molar-refractivity contribution in [2.24, 2.45) is 0 Å². The minimum atomic E-state index is -4.54. The normalized spacial score (nSPS) is 16.0. The molecule has 1 atom stereocenters. The molecule has 132 valence electrons. The molecule has 1 aromatic carbocycles. The Kier molecular flexibility index (Phi) is 5.22. The summed E-state index contributed by atoms with van der Waals surface area (Å²) in [6.45, 7) is 1.42. The number of amides is 1. The fourth-order valence-corrected chi connectivity index (χ4v) is 3.10. The summed E-state index contributed by atoms with van der Waals surface area (Å²) in [6, 6.07) is 4.10. The van der Waals surface area contributed by atoms with Gasteiger partial charge in [-0.25, -0.2) is 13.2 Å². The molecular weight excluding hydrogens is 344 g/mol. The number of carboxylic acid groups (broad SMARTS) is 1. The third kappa shape index (κ3) is 4.08. The van der Waals surface area contributed by atoms with E-state index in [1.54, 1.807) is 0 Å². The van der Waals surface area contributed by atoms with Crippen LogP contribution in [0.4, 0.5) is 8.78 Å². The van der Waals surface area contributed by atoms with Gasteiger partial charge in [0.05, 0.1) is 5.75 Å². The molecule has 1 fully saturated rings. The van der Waals surface area contributed by atoms with Crippen molar-refractivity contribution in [3.63, 3.8) is 0 Å². The molecule has 1 aliphatic rings. The lowest BCUT2D eigenvalue weighted by atomic mass is 10.1. The number of carbonyl (C=O) groups is 2. The second-order valence-electron chi connectivity index (χ2n) is 5.72. The van der Waals surface area contributed by atoms with Crippen LogP contribution in [0.15, 0.2) is 24.3 Å². The maximum Gasteiger partial charge on any atom is 0.337 e. The summed E-state index contributed by atoms with van der Waals surface area (Å²) in [5.74, 6) is -5.87. The molecule has 1 aromatic rings. The number of halogens is 2. The van der Waals surface area contributed by atoms with E-state index in [0.717, 1.165) is 12.8 Å². The monoisotopic (exact) mass is 361 g/mol. The Bertz CT molecular complexity index is 729. The van der Waals surface area contributed by atoms with Crippen molar-refractivity contribution in [2.45, 2.75) is 43.4 Å². The van der Waals surface area contributed by atoms with Crippen LogP contribution >= 0.6 is 0 Å². The van der Waals surface area contributed by atoms with Gasteiger partial charge in [0.1, 0.15) is 6.04 Å². The first-order valence-electron chi connectivity index (χ1n) is 7.27. The molecule has 1 amide bonds. The summed E-state index contributed by atoms with van der Waals surface area (Å²) in [4.78, 5) is 24.9. The van der Waals surface area contributed by atoms with Gasteiger partial charge in [0.25, 0.3) is 5.91 Å². The number of aliphatic carboxylic acids is 1. The molecule has 0 radical (unpaired) electrons. The topological polar surface area (TPSA) is 91.8 Å². The number of hydrogen-bond donors (Lipinski definition) is 1. The zero-order chi connectivity index (χ0) is 18.1. The maximum absolute atomic E-state index is 12.5. The third-order valence-electron chi connectivity index (χ3n) is 3.79. The van der Waals surface area contributed by atoms with E-state index in [4.69, 9.17) is 5.11 Å². The lowest BCUT2D eigenvalue weighted by Crippen LogP contribution is -2.44. The summed E-state index contributed by atoms with van der Waals surface area (Å²) in [6.07, 6.45) is 1.46. The van der Waals surface area contributed by atoms with Crippen molar-refractivity contribution < 1.29 is 31.9 Å². The summed E-state index contributed by atoms with van der Waals surface area (Å²) in [7, 11) is -4.54. The molecule has 0 saturated heterocycles. The number of carbonyl (C=O) groups excluding carboxylic acids is 1. The molecule has 1 saturated carbocycles. The second kappa shape index (κ2) is 6.84. The van der Waals surface area contributed by atoms with Crippen molar-refractivity contribution in [1.29, 1.82) is 0 Å². The predicted molar refractivity (Wildman–Crippen MR) is 81.4 cm³/mol. The molecule has 24 heavy (non-hydrogen) atoms. The highest BCUT2D eigenvalue weighted by Gasteiger charge is 2.38. The largest absolute Gasteiger partial charge is 0.480 e. The maximum atomic E-state index is 12.5. The van der Waals surface area contributed by atoms with E-state index in [9.17, 15) is 26.8 Å². The minimum absolute atomic E-state index is 0.123. The van der Waals surface area contributed by atoms with Crippen LogP contribution in [0.3, 0.4) is 0 Å². The van der Waals surface area contributed by atoms with Gasteiger partial charge in [-0.1, -0.05) is 12.1 Å². The Morgan fingerprint density at radius 1 is 1.25 bits per heavy atom. The quantitative estimate of drug-likeness (QED) is 0.801. The first-order chi connectivity index (χ1) is 11.1. The van der Waals surface area contributed by atoms with Gasteiger partial charge in [-0.2, -0.15) is 8.78 Å². The van der Waals surface area contributed by atoms with Gasteiger partial charge in [0, 0.05) is 11.6 Å². The second-order valence-corrected chi connectivity index (χ2v) is 7.69. The number of alkyl halides is 2. The van der Waals surface area contributed by atoms with E-state index in [-0.39, 0.29) is 17.2 Å². The fraction of sp³-hybridized carbons (Fsp3) is 0.467. The van der Waals surface area contributed by atoms with Crippen molar-refractivity contribution in [3.05, 3.63) is 35.4 Å². The van der Waals surface area contributed by atoms with Gasteiger partial charge >= 0.3 is 11.7 Å². The van der Waals surface area contributed by atoms with Crippen LogP contribution in [-0.2, 0) is 20.4 Å². The molecule has 1 unspecified atom stereocenters. The van der Waals surface area contributed by atoms with Crippen LogP contribution < -0.4 is 0 Å². The summed E-state index contributed by atoms with van der Waals surface area (Å²) < 4.78 is 47.1. The van der Waals surface area contributed by atoms with Crippen LogP contribution in [0.1, 0.15) is 35.7 Å². The van der Waals surface area contributed by atoms with Crippen LogP contribution in [0.5, 0.6) is 0 Å². The summed E-state index contributed by atoms with van der Waals surface area (Å²) in [5.41, 5.74) is 0.323. The van der Waals surface area contributed by atoms with Crippen LogP contribution in [0.25, 0.3) is 0 Å². The smallest absolute Gasteiger partial charge is 0.337 e. The lowest BCUT2D eigenvalue weighted by molar-refractivity contribution is -0.141. The first kappa shape index (κ1) is 18.3. The molecule has 0 aromatic heterocycles. The third-order valence-corrected chi connectivity index (χ3v) is 5.07. The summed E-state index contributed by atoms with van der Waals surface area (Å²) >= 11 is 0. The predicted octanol–water partition coefficient (Wildman–Crippen LogP) is 1.90. The van der Waals surface area contributed by atoms with Crippen LogP contribution in [-0.4, -0.2) is 48.1 Å². The molecule has 6 nitrogen and oxygen atoms in total. The average Bonchev–Trinajstić information content (AvgIpc) is 3.32. The first-order valence-corrected chi connectivity index (χ1v) is 8.99. The summed E-state index contributed by atoms with van der Waals surface area (Å²) in [5, 5.41) is 9.12. The van der Waals surface area contributed by atoms with E-state index in [1.165, 1.54) is 36.1 Å². The number of nitrogens with zero attached hydrogens (tertiary/aromatic N) is 1. The van der Waals surface area contributed by atoms with Gasteiger partial charge in [0.2, 0.25) is 9.84 Å². The average molecular weight is 361 g/mol. The standard InChI is InChI=1S/C15H17F2NO5S/c1-9(14(20)21)18(12-6-7-12)13(19)11-4-2-10(3-5-11)8-24(22,23)15(16)17/h2-5,9,12,15H,6-8H2,1H3,(H,20,21). The van der Waals surface area contributed by atoms with E-state index < -0.39 is 39.3 Å². The Labute approximate surface area is 138 Å². The van der Waals surface area contributed by atoms with E-state index >= 15 is 0 Å². The Balaban J connectivity index is 2.17. The molecule has 1 N–H and O–H groups in total. The molecule has 0 spiro atoms. The molecule has 9 heteroatoms. The zero-order valence-corrected chi connectivity index (χ0v) is 13.7. The Morgan fingerprint density at radius 3 is 2.21 bits per heavy atom. The highest BCUT2D eigenvalue weighted by atomic mass is 32.2. The van der Waals surface area contributed by atoms with E-state index in [0.29, 0.717) is 0 Å². The number of carboxylic acids is 1. The highest BCUT2D eigenvalue weighted by molar-refractivity contribution is 7.90. The highest BCUT2D eigenvalue weighted by Crippen LogP contribution is 2.30. The Morgan fingerprint density at radius 2 is 1.79 bits per heavy atom. The number of hydrogen-bond acceptors (Lipinski definition) is 4. The number of benzene rings is 1. The van der Waals surface area contributed by atoms with Gasteiger partial charge in [-0.05, 0) is 37.5 Å². The zero-order valence-electron chi connectivity index (χ0n) is 12.9. The van der Waals surface area contributed by atoms with Gasteiger partial charge < -0.3 is 10.0 Å². The number of sulfone groups is 1. The SMILES string of the molecule is CC(C(=O)O)N(C(=O)c1ccc(CS(=O)(=O)C(F)F)cc1)C1CC1. The number of rotatable bonds is 7. The van der Waals surface area contributed by atoms with Crippen LogP contribution in [0.2, 0.25) is 0 Å². The molecule has 0 aliphatic heterocycles. The van der Waals surface area contributed by atoms with Crippen molar-refractivity contribution in [1.82, 2.24) is 4.90 Å². The van der Waals surface area contributed by atoms with Crippen molar-refractivity contribution in [3.8, 4) is 0 Å².